The normalized spacial score (nSPS) is 18.0. The molecule has 0 unspecified atom stereocenters. The number of hydrogen-bond donors (Lipinski definition) is 0. The number of halogens is 1. The summed E-state index contributed by atoms with van der Waals surface area (Å²) in [5, 5.41) is 1.15. The number of carbonyl (C=O) groups is 1. The third kappa shape index (κ3) is 2.98. The Hall–Kier alpha value is -1.72. The molecule has 1 saturated heterocycles. The summed E-state index contributed by atoms with van der Waals surface area (Å²) in [6, 6.07) is 15.9. The Labute approximate surface area is 153 Å². The molecule has 122 valence electrons. The molecule has 0 aliphatic carbocycles. The summed E-state index contributed by atoms with van der Waals surface area (Å²) < 4.78 is 2.08. The molecule has 0 saturated carbocycles. The molecule has 3 nitrogen and oxygen atoms in total. The van der Waals surface area contributed by atoms with Crippen LogP contribution in [0.4, 0.5) is 0 Å². The smallest absolute Gasteiger partial charge is 0.255 e. The topological polar surface area (TPSA) is 33.2 Å². The number of hydrogen-bond acceptors (Lipinski definition) is 3. The number of aromatic nitrogens is 1. The monoisotopic (exact) mass is 400 g/mol. The van der Waals surface area contributed by atoms with Crippen molar-refractivity contribution in [1.82, 2.24) is 9.88 Å². The molecule has 0 bridgehead atoms. The predicted molar refractivity (Wildman–Crippen MR) is 102 cm³/mol. The Morgan fingerprint density at radius 3 is 2.79 bits per heavy atom. The summed E-state index contributed by atoms with van der Waals surface area (Å²) in [7, 11) is 0. The van der Waals surface area contributed by atoms with Gasteiger partial charge < -0.3 is 4.90 Å². The number of likely N-dealkylation sites (tertiary alicyclic amines) is 1. The highest BCUT2D eigenvalue weighted by Crippen LogP contribution is 2.33. The Bertz CT molecular complexity index is 859. The number of carbonyl (C=O) groups excluding carboxylic acids is 1. The van der Waals surface area contributed by atoms with Gasteiger partial charge in [-0.1, -0.05) is 24.3 Å². The van der Waals surface area contributed by atoms with Gasteiger partial charge in [0, 0.05) is 23.5 Å². The summed E-state index contributed by atoms with van der Waals surface area (Å²) >= 11 is 5.25. The predicted octanol–water partition coefficient (Wildman–Crippen LogP) is 5.08. The van der Waals surface area contributed by atoms with Crippen molar-refractivity contribution in [3.8, 4) is 0 Å². The van der Waals surface area contributed by atoms with Crippen LogP contribution in [0, 0.1) is 0 Å². The Balaban J connectivity index is 1.57. The van der Waals surface area contributed by atoms with Crippen LogP contribution < -0.4 is 0 Å². The van der Waals surface area contributed by atoms with Crippen LogP contribution in [0.5, 0.6) is 0 Å². The fourth-order valence-electron chi connectivity index (χ4n) is 3.23. The molecule has 1 amide bonds. The van der Waals surface area contributed by atoms with E-state index in [0.717, 1.165) is 46.5 Å². The summed E-state index contributed by atoms with van der Waals surface area (Å²) in [6.07, 6.45) is 2.12. The Morgan fingerprint density at radius 1 is 1.17 bits per heavy atom. The molecule has 24 heavy (non-hydrogen) atoms. The number of rotatable bonds is 2. The zero-order valence-corrected chi connectivity index (χ0v) is 15.5. The Morgan fingerprint density at radius 2 is 1.96 bits per heavy atom. The summed E-state index contributed by atoms with van der Waals surface area (Å²) in [5.74, 6) is 0.441. The number of fused-ring (bicyclic) bond motifs is 1. The second-order valence-corrected chi connectivity index (χ2v) is 8.01. The zero-order valence-electron chi connectivity index (χ0n) is 13.1. The molecule has 2 heterocycles. The average Bonchev–Trinajstić information content (AvgIpc) is 3.06. The van der Waals surface area contributed by atoms with E-state index >= 15 is 0 Å². The highest BCUT2D eigenvalue weighted by molar-refractivity contribution is 9.10. The standard InChI is InChI=1S/C19H17BrN2OS/c20-15-8-2-1-7-14(15)19(23)22-11-5-6-13(12-22)18-21-16-9-3-4-10-17(16)24-18/h1-4,7-10,13H,5-6,11-12H2/t13-/m0/s1. The molecule has 0 N–H and O–H groups in total. The van der Waals surface area contributed by atoms with E-state index in [2.05, 4.69) is 28.1 Å². The third-order valence-corrected chi connectivity index (χ3v) is 6.36. The first kappa shape index (κ1) is 15.8. The van der Waals surface area contributed by atoms with Crippen LogP contribution in [0.2, 0.25) is 0 Å². The lowest BCUT2D eigenvalue weighted by Gasteiger charge is -2.32. The van der Waals surface area contributed by atoms with Gasteiger partial charge in [-0.05, 0) is 53.0 Å². The molecule has 5 heteroatoms. The minimum atomic E-state index is 0.105. The average molecular weight is 401 g/mol. The van der Waals surface area contributed by atoms with Gasteiger partial charge in [-0.3, -0.25) is 4.79 Å². The molecule has 1 aliphatic rings. The summed E-state index contributed by atoms with van der Waals surface area (Å²) in [4.78, 5) is 19.6. The third-order valence-electron chi connectivity index (χ3n) is 4.47. The largest absolute Gasteiger partial charge is 0.338 e. The van der Waals surface area contributed by atoms with Gasteiger partial charge in [-0.2, -0.15) is 0 Å². The highest BCUT2D eigenvalue weighted by atomic mass is 79.9. The minimum absolute atomic E-state index is 0.105. The van der Waals surface area contributed by atoms with E-state index in [1.807, 2.05) is 41.3 Å². The molecule has 0 spiro atoms. The lowest BCUT2D eigenvalue weighted by Crippen LogP contribution is -2.39. The van der Waals surface area contributed by atoms with Crippen molar-refractivity contribution >= 4 is 43.4 Å². The molecule has 2 aromatic carbocycles. The zero-order chi connectivity index (χ0) is 16.5. The molecule has 1 aromatic heterocycles. The van der Waals surface area contributed by atoms with Crippen molar-refractivity contribution in [2.45, 2.75) is 18.8 Å². The first-order valence-electron chi connectivity index (χ1n) is 8.11. The van der Waals surface area contributed by atoms with Crippen molar-refractivity contribution in [3.05, 3.63) is 63.6 Å². The van der Waals surface area contributed by atoms with Crippen LogP contribution in [-0.2, 0) is 0 Å². The van der Waals surface area contributed by atoms with Crippen LogP contribution in [0.25, 0.3) is 10.2 Å². The van der Waals surface area contributed by atoms with Crippen molar-refractivity contribution in [2.24, 2.45) is 0 Å². The van der Waals surface area contributed by atoms with Gasteiger partial charge in [0.15, 0.2) is 0 Å². The Kier molecular flexibility index (Phi) is 4.37. The first-order chi connectivity index (χ1) is 11.7. The maximum atomic E-state index is 12.8. The first-order valence-corrected chi connectivity index (χ1v) is 9.72. The van der Waals surface area contributed by atoms with E-state index in [9.17, 15) is 4.79 Å². The van der Waals surface area contributed by atoms with Crippen LogP contribution in [-0.4, -0.2) is 28.9 Å². The van der Waals surface area contributed by atoms with Crippen LogP contribution in [0.15, 0.2) is 53.0 Å². The molecule has 1 fully saturated rings. The van der Waals surface area contributed by atoms with Crippen molar-refractivity contribution < 1.29 is 4.79 Å². The van der Waals surface area contributed by atoms with Crippen LogP contribution >= 0.6 is 27.3 Å². The number of piperidine rings is 1. The van der Waals surface area contributed by atoms with Gasteiger partial charge in [0.25, 0.3) is 5.91 Å². The second kappa shape index (κ2) is 6.65. The highest BCUT2D eigenvalue weighted by Gasteiger charge is 2.28. The molecule has 0 radical (unpaired) electrons. The van der Waals surface area contributed by atoms with Crippen LogP contribution in [0.1, 0.15) is 34.1 Å². The summed E-state index contributed by atoms with van der Waals surface area (Å²) in [5.41, 5.74) is 1.80. The van der Waals surface area contributed by atoms with Gasteiger partial charge in [0.2, 0.25) is 0 Å². The molecule has 1 aliphatic heterocycles. The van der Waals surface area contributed by atoms with E-state index in [0.29, 0.717) is 5.92 Å². The summed E-state index contributed by atoms with van der Waals surface area (Å²) in [6.45, 7) is 1.57. The molecule has 3 aromatic rings. The van der Waals surface area contributed by atoms with Gasteiger partial charge in [-0.25, -0.2) is 4.98 Å². The molecule has 1 atom stereocenters. The molecule has 4 rings (SSSR count). The number of nitrogens with zero attached hydrogens (tertiary/aromatic N) is 2. The SMILES string of the molecule is O=C(c1ccccc1Br)N1CCC[C@H](c2nc3ccccc3s2)C1. The lowest BCUT2D eigenvalue weighted by molar-refractivity contribution is 0.0706. The van der Waals surface area contributed by atoms with Crippen molar-refractivity contribution in [3.63, 3.8) is 0 Å². The quantitative estimate of drug-likeness (QED) is 0.600. The number of benzene rings is 2. The van der Waals surface area contributed by atoms with Gasteiger partial charge in [-0.15, -0.1) is 11.3 Å². The van der Waals surface area contributed by atoms with Crippen molar-refractivity contribution in [1.29, 1.82) is 0 Å². The van der Waals surface area contributed by atoms with E-state index in [4.69, 9.17) is 4.98 Å². The minimum Gasteiger partial charge on any atom is -0.338 e. The second-order valence-electron chi connectivity index (χ2n) is 6.09. The van der Waals surface area contributed by atoms with E-state index in [1.54, 1.807) is 11.3 Å². The molecular weight excluding hydrogens is 384 g/mol. The maximum Gasteiger partial charge on any atom is 0.255 e. The lowest BCUT2D eigenvalue weighted by atomic mass is 9.98. The maximum absolute atomic E-state index is 12.8. The van der Waals surface area contributed by atoms with Crippen LogP contribution in [0.3, 0.4) is 0 Å². The molecular formula is C19H17BrN2OS. The van der Waals surface area contributed by atoms with Crippen molar-refractivity contribution in [2.75, 3.05) is 13.1 Å². The number of para-hydroxylation sites is 1. The van der Waals surface area contributed by atoms with E-state index in [1.165, 1.54) is 4.70 Å². The van der Waals surface area contributed by atoms with E-state index in [-0.39, 0.29) is 5.91 Å². The fourth-order valence-corrected chi connectivity index (χ4v) is 4.78. The fraction of sp³-hybridized carbons (Fsp3) is 0.263. The van der Waals surface area contributed by atoms with Gasteiger partial charge in [0.05, 0.1) is 20.8 Å². The number of thiazole rings is 1. The van der Waals surface area contributed by atoms with E-state index < -0.39 is 0 Å². The number of amides is 1. The van der Waals surface area contributed by atoms with Gasteiger partial charge in [0.1, 0.15) is 0 Å². The van der Waals surface area contributed by atoms with Gasteiger partial charge >= 0.3 is 0 Å².